The zero-order valence-electron chi connectivity index (χ0n) is 12.3. The van der Waals surface area contributed by atoms with Crippen LogP contribution in [0.5, 0.6) is 0 Å². The Morgan fingerprint density at radius 3 is 2.67 bits per heavy atom. The van der Waals surface area contributed by atoms with E-state index >= 15 is 0 Å². The number of oxazole rings is 1. The van der Waals surface area contributed by atoms with Gasteiger partial charge in [-0.1, -0.05) is 32.9 Å². The molecule has 1 heterocycles. The third-order valence-electron chi connectivity index (χ3n) is 3.06. The highest BCUT2D eigenvalue weighted by molar-refractivity contribution is 5.95. The maximum absolute atomic E-state index is 12.1. The summed E-state index contributed by atoms with van der Waals surface area (Å²) in [5, 5.41) is 2.82. The molecule has 5 nitrogen and oxygen atoms in total. The largest absolute Gasteiger partial charge is 0.444 e. The number of rotatable bonds is 3. The molecule has 0 aliphatic carbocycles. The van der Waals surface area contributed by atoms with Gasteiger partial charge < -0.3 is 15.5 Å². The molecule has 0 spiro atoms. The molecule has 0 unspecified atom stereocenters. The topological polar surface area (TPSA) is 81.2 Å². The molecule has 2 rings (SSSR count). The maximum Gasteiger partial charge on any atom is 0.241 e. The predicted molar refractivity (Wildman–Crippen MR) is 85.2 cm³/mol. The lowest BCUT2D eigenvalue weighted by Crippen LogP contribution is -2.45. The Hall–Kier alpha value is -1.85. The van der Waals surface area contributed by atoms with E-state index < -0.39 is 6.04 Å². The quantitative estimate of drug-likeness (QED) is 0.913. The molecule has 21 heavy (non-hydrogen) atoms. The minimum absolute atomic E-state index is 0. The Balaban J connectivity index is 0.00000220. The molecule has 1 amide bonds. The molecule has 3 N–H and O–H groups in total. The van der Waals surface area contributed by atoms with Gasteiger partial charge in [0.05, 0.1) is 12.2 Å². The van der Waals surface area contributed by atoms with Gasteiger partial charge in [-0.05, 0) is 17.5 Å². The summed E-state index contributed by atoms with van der Waals surface area (Å²) in [4.78, 5) is 16.0. The lowest BCUT2D eigenvalue weighted by atomic mass is 9.87. The summed E-state index contributed by atoms with van der Waals surface area (Å²) in [7, 11) is 0. The van der Waals surface area contributed by atoms with Crippen molar-refractivity contribution in [3.63, 3.8) is 0 Å². The Kier molecular flexibility index (Phi) is 5.52. The Morgan fingerprint density at radius 1 is 1.38 bits per heavy atom. The lowest BCUT2D eigenvalue weighted by molar-refractivity contribution is -0.119. The van der Waals surface area contributed by atoms with Crippen LogP contribution >= 0.6 is 12.4 Å². The van der Waals surface area contributed by atoms with Crippen molar-refractivity contribution in [2.24, 2.45) is 11.1 Å². The fourth-order valence-electron chi connectivity index (χ4n) is 1.72. The van der Waals surface area contributed by atoms with Crippen LogP contribution in [-0.2, 0) is 4.79 Å². The van der Waals surface area contributed by atoms with Crippen LogP contribution in [0.2, 0.25) is 0 Å². The van der Waals surface area contributed by atoms with Crippen LogP contribution in [0.3, 0.4) is 0 Å². The number of nitrogens with two attached hydrogens (primary N) is 1. The van der Waals surface area contributed by atoms with Crippen LogP contribution in [0.15, 0.2) is 41.3 Å². The first-order valence-electron chi connectivity index (χ1n) is 6.43. The number of amides is 1. The fourth-order valence-corrected chi connectivity index (χ4v) is 1.72. The number of carbonyl (C=O) groups excluding carboxylic acids is 1. The number of aromatic nitrogens is 1. The second-order valence-corrected chi connectivity index (χ2v) is 5.78. The van der Waals surface area contributed by atoms with E-state index in [0.29, 0.717) is 11.4 Å². The molecule has 0 aliphatic heterocycles. The van der Waals surface area contributed by atoms with Gasteiger partial charge in [0.1, 0.15) is 0 Å². The van der Waals surface area contributed by atoms with Crippen molar-refractivity contribution in [3.05, 3.63) is 36.9 Å². The van der Waals surface area contributed by atoms with Gasteiger partial charge in [-0.25, -0.2) is 4.98 Å². The van der Waals surface area contributed by atoms with Crippen LogP contribution in [0.4, 0.5) is 5.69 Å². The van der Waals surface area contributed by atoms with Crippen molar-refractivity contribution in [1.82, 2.24) is 4.98 Å². The third kappa shape index (κ3) is 4.31. The number of benzene rings is 1. The third-order valence-corrected chi connectivity index (χ3v) is 3.06. The van der Waals surface area contributed by atoms with Crippen molar-refractivity contribution < 1.29 is 9.21 Å². The summed E-state index contributed by atoms with van der Waals surface area (Å²) >= 11 is 0. The number of carbonyl (C=O) groups is 1. The first kappa shape index (κ1) is 17.2. The van der Waals surface area contributed by atoms with Gasteiger partial charge in [0.15, 0.2) is 12.2 Å². The number of nitrogens with one attached hydrogen (secondary N) is 1. The first-order valence-corrected chi connectivity index (χ1v) is 6.43. The average molecular weight is 310 g/mol. The number of nitrogens with zero attached hydrogens (tertiary/aromatic N) is 1. The second-order valence-electron chi connectivity index (χ2n) is 5.78. The standard InChI is InChI=1S/C15H19N3O2.ClH/c1-15(2,3)13(16)14(19)18-11-6-4-5-10(7-11)12-8-17-9-20-12;/h4-9,13H,16H2,1-3H3,(H,18,19);1H/t13-;/m1./s1. The highest BCUT2D eigenvalue weighted by Crippen LogP contribution is 2.23. The van der Waals surface area contributed by atoms with Crippen LogP contribution in [-0.4, -0.2) is 16.9 Å². The van der Waals surface area contributed by atoms with E-state index in [1.807, 2.05) is 45.0 Å². The molecule has 2 aromatic rings. The SMILES string of the molecule is CC(C)(C)[C@H](N)C(=O)Nc1cccc(-c2cnco2)c1.Cl. The van der Waals surface area contributed by atoms with Gasteiger partial charge in [-0.3, -0.25) is 4.79 Å². The number of hydrogen-bond donors (Lipinski definition) is 2. The zero-order chi connectivity index (χ0) is 14.8. The summed E-state index contributed by atoms with van der Waals surface area (Å²) in [6.07, 6.45) is 3.00. The molecule has 0 aliphatic rings. The molecule has 1 atom stereocenters. The molecule has 0 fully saturated rings. The Bertz CT molecular complexity index is 591. The van der Waals surface area contributed by atoms with Gasteiger partial charge in [0, 0.05) is 11.3 Å². The van der Waals surface area contributed by atoms with Crippen LogP contribution < -0.4 is 11.1 Å². The number of halogens is 1. The molecule has 1 aromatic carbocycles. The van der Waals surface area contributed by atoms with Crippen LogP contribution in [0.1, 0.15) is 20.8 Å². The van der Waals surface area contributed by atoms with Gasteiger partial charge >= 0.3 is 0 Å². The molecule has 1 aromatic heterocycles. The number of hydrogen-bond acceptors (Lipinski definition) is 4. The molecular weight excluding hydrogens is 290 g/mol. The van der Waals surface area contributed by atoms with Gasteiger partial charge in [-0.15, -0.1) is 12.4 Å². The highest BCUT2D eigenvalue weighted by atomic mass is 35.5. The minimum Gasteiger partial charge on any atom is -0.444 e. The van der Waals surface area contributed by atoms with Crippen molar-refractivity contribution in [2.45, 2.75) is 26.8 Å². The van der Waals surface area contributed by atoms with E-state index in [1.165, 1.54) is 6.39 Å². The Morgan fingerprint density at radius 2 is 2.10 bits per heavy atom. The normalized spacial score (nSPS) is 12.4. The minimum atomic E-state index is -0.573. The second kappa shape index (κ2) is 6.74. The van der Waals surface area contributed by atoms with E-state index in [0.717, 1.165) is 5.56 Å². The molecule has 0 radical (unpaired) electrons. The summed E-state index contributed by atoms with van der Waals surface area (Å²) in [5.74, 6) is 0.452. The maximum atomic E-state index is 12.1. The highest BCUT2D eigenvalue weighted by Gasteiger charge is 2.27. The average Bonchev–Trinajstić information content (AvgIpc) is 2.91. The molecule has 0 saturated carbocycles. The van der Waals surface area contributed by atoms with Crippen LogP contribution in [0, 0.1) is 5.41 Å². The van der Waals surface area contributed by atoms with E-state index in [2.05, 4.69) is 10.3 Å². The Labute approximate surface area is 130 Å². The molecule has 114 valence electrons. The molecule has 6 heteroatoms. The zero-order valence-corrected chi connectivity index (χ0v) is 13.1. The van der Waals surface area contributed by atoms with E-state index in [-0.39, 0.29) is 23.7 Å². The van der Waals surface area contributed by atoms with Crippen molar-refractivity contribution in [2.75, 3.05) is 5.32 Å². The van der Waals surface area contributed by atoms with Crippen molar-refractivity contribution in [3.8, 4) is 11.3 Å². The van der Waals surface area contributed by atoms with Crippen LogP contribution in [0.25, 0.3) is 11.3 Å². The van der Waals surface area contributed by atoms with E-state index in [1.54, 1.807) is 6.20 Å². The van der Waals surface area contributed by atoms with Crippen molar-refractivity contribution >= 4 is 24.0 Å². The van der Waals surface area contributed by atoms with E-state index in [4.69, 9.17) is 10.2 Å². The smallest absolute Gasteiger partial charge is 0.241 e. The number of anilines is 1. The molecule has 0 bridgehead atoms. The van der Waals surface area contributed by atoms with Gasteiger partial charge in [0.25, 0.3) is 0 Å². The summed E-state index contributed by atoms with van der Waals surface area (Å²) < 4.78 is 5.23. The fraction of sp³-hybridized carbons (Fsp3) is 0.333. The summed E-state index contributed by atoms with van der Waals surface area (Å²) in [5.41, 5.74) is 7.18. The molecule has 0 saturated heterocycles. The summed E-state index contributed by atoms with van der Waals surface area (Å²) in [6, 6.07) is 6.80. The van der Waals surface area contributed by atoms with Gasteiger partial charge in [-0.2, -0.15) is 0 Å². The monoisotopic (exact) mass is 309 g/mol. The first-order chi connectivity index (χ1) is 9.38. The summed E-state index contributed by atoms with van der Waals surface area (Å²) in [6.45, 7) is 5.80. The molecular formula is C15H20ClN3O2. The predicted octanol–water partition coefficient (Wildman–Crippen LogP) is 3.08. The van der Waals surface area contributed by atoms with E-state index in [9.17, 15) is 4.79 Å². The van der Waals surface area contributed by atoms with Gasteiger partial charge in [0.2, 0.25) is 5.91 Å². The van der Waals surface area contributed by atoms with Crippen molar-refractivity contribution in [1.29, 1.82) is 0 Å². The lowest BCUT2D eigenvalue weighted by Gasteiger charge is -2.25.